The van der Waals surface area contributed by atoms with Crippen LogP contribution in [-0.4, -0.2) is 73.2 Å². The molecule has 2 aromatic rings. The second kappa shape index (κ2) is 9.40. The van der Waals surface area contributed by atoms with Gasteiger partial charge in [0, 0.05) is 19.5 Å². The number of carbonyl (C=O) groups is 1. The Balaban J connectivity index is 1.62. The van der Waals surface area contributed by atoms with Gasteiger partial charge >= 0.3 is 0 Å². The Labute approximate surface area is 188 Å². The minimum Gasteiger partial charge on any atom is -0.399 e. The van der Waals surface area contributed by atoms with E-state index >= 15 is 0 Å². The van der Waals surface area contributed by atoms with E-state index in [4.69, 9.17) is 4.84 Å². The van der Waals surface area contributed by atoms with E-state index < -0.39 is 22.2 Å². The summed E-state index contributed by atoms with van der Waals surface area (Å²) in [6.45, 7) is 0.706. The number of hydrogen-bond acceptors (Lipinski definition) is 6. The van der Waals surface area contributed by atoms with Crippen molar-refractivity contribution in [3.05, 3.63) is 54.6 Å². The minimum atomic E-state index is -3.95. The Hall–Kier alpha value is -2.75. The highest BCUT2D eigenvalue weighted by atomic mass is 32.2. The summed E-state index contributed by atoms with van der Waals surface area (Å²) in [5.41, 5.74) is 2.39. The number of aliphatic hydroxyl groups excluding tert-OH is 1. The second-order valence-corrected chi connectivity index (χ2v) is 9.97. The van der Waals surface area contributed by atoms with Gasteiger partial charge in [0.15, 0.2) is 0 Å². The molecule has 1 unspecified atom stereocenters. The maximum atomic E-state index is 13.5. The van der Waals surface area contributed by atoms with Crippen LogP contribution in [0.5, 0.6) is 0 Å². The number of nitrogens with zero attached hydrogens (tertiary/aromatic N) is 3. The number of aliphatic hydroxyl groups is 1. The molecule has 32 heavy (non-hydrogen) atoms. The molecule has 1 amide bonds. The Morgan fingerprint density at radius 2 is 1.78 bits per heavy atom. The Morgan fingerprint density at radius 3 is 2.44 bits per heavy atom. The third kappa shape index (κ3) is 4.55. The number of oxime groups is 1. The molecule has 2 atom stereocenters. The first-order valence-corrected chi connectivity index (χ1v) is 12.1. The van der Waals surface area contributed by atoms with Crippen molar-refractivity contribution in [3.63, 3.8) is 0 Å². The maximum Gasteiger partial charge on any atom is 0.244 e. The van der Waals surface area contributed by atoms with Crippen LogP contribution in [0.15, 0.2) is 64.6 Å². The van der Waals surface area contributed by atoms with Crippen molar-refractivity contribution in [3.8, 4) is 11.1 Å². The molecule has 8 nitrogen and oxygen atoms in total. The van der Waals surface area contributed by atoms with Crippen molar-refractivity contribution in [1.29, 1.82) is 0 Å². The van der Waals surface area contributed by atoms with Gasteiger partial charge in [0.2, 0.25) is 15.9 Å². The van der Waals surface area contributed by atoms with Crippen molar-refractivity contribution >= 4 is 21.6 Å². The summed E-state index contributed by atoms with van der Waals surface area (Å²) in [7, 11) is -2.56. The molecule has 0 aliphatic carbocycles. The summed E-state index contributed by atoms with van der Waals surface area (Å²) in [6, 6.07) is 15.4. The number of hydrogen-bond donors (Lipinski definition) is 1. The molecule has 0 bridgehead atoms. The predicted octanol–water partition coefficient (Wildman–Crippen LogP) is 2.10. The zero-order chi connectivity index (χ0) is 22.7. The van der Waals surface area contributed by atoms with Crippen LogP contribution in [-0.2, 0) is 19.7 Å². The lowest BCUT2D eigenvalue weighted by atomic mass is 10.1. The molecule has 2 aromatic carbocycles. The van der Waals surface area contributed by atoms with E-state index in [0.29, 0.717) is 25.1 Å². The molecule has 2 fully saturated rings. The van der Waals surface area contributed by atoms with Gasteiger partial charge in [-0.2, -0.15) is 4.31 Å². The van der Waals surface area contributed by atoms with E-state index in [1.807, 2.05) is 30.3 Å². The summed E-state index contributed by atoms with van der Waals surface area (Å²) in [6.07, 6.45) is 0.907. The lowest BCUT2D eigenvalue weighted by Gasteiger charge is -2.34. The maximum absolute atomic E-state index is 13.5. The highest BCUT2D eigenvalue weighted by Gasteiger charge is 2.44. The quantitative estimate of drug-likeness (QED) is 0.694. The number of carbonyl (C=O) groups excluding carboxylic acids is 1. The van der Waals surface area contributed by atoms with E-state index in [0.717, 1.165) is 11.1 Å². The van der Waals surface area contributed by atoms with Crippen LogP contribution in [0.25, 0.3) is 11.1 Å². The molecule has 0 spiro atoms. The molecule has 2 aliphatic rings. The van der Waals surface area contributed by atoms with E-state index in [-0.39, 0.29) is 30.3 Å². The third-order valence-corrected chi connectivity index (χ3v) is 7.77. The van der Waals surface area contributed by atoms with Gasteiger partial charge in [-0.25, -0.2) is 8.42 Å². The topological polar surface area (TPSA) is 99.5 Å². The van der Waals surface area contributed by atoms with Gasteiger partial charge in [0.25, 0.3) is 0 Å². The number of likely N-dealkylation sites (tertiary alicyclic amines) is 1. The zero-order valence-electron chi connectivity index (χ0n) is 17.9. The van der Waals surface area contributed by atoms with Gasteiger partial charge in [-0.1, -0.05) is 47.6 Å². The smallest absolute Gasteiger partial charge is 0.244 e. The number of benzene rings is 2. The van der Waals surface area contributed by atoms with E-state index in [9.17, 15) is 18.3 Å². The molecular weight excluding hydrogens is 430 g/mol. The van der Waals surface area contributed by atoms with Gasteiger partial charge in [0.1, 0.15) is 13.2 Å². The summed E-state index contributed by atoms with van der Waals surface area (Å²) in [5, 5.41) is 13.9. The molecule has 2 heterocycles. The van der Waals surface area contributed by atoms with Crippen molar-refractivity contribution in [1.82, 2.24) is 9.21 Å². The average molecular weight is 458 g/mol. The lowest BCUT2D eigenvalue weighted by molar-refractivity contribution is -0.137. The Kier molecular flexibility index (Phi) is 6.59. The number of sulfonamides is 1. The number of rotatable bonds is 5. The van der Waals surface area contributed by atoms with Gasteiger partial charge in [-0.15, -0.1) is 0 Å². The average Bonchev–Trinajstić information content (AvgIpc) is 3.24. The largest absolute Gasteiger partial charge is 0.399 e. The van der Waals surface area contributed by atoms with Crippen molar-refractivity contribution in [2.75, 3.05) is 26.7 Å². The van der Waals surface area contributed by atoms with Crippen molar-refractivity contribution < 1.29 is 23.2 Å². The van der Waals surface area contributed by atoms with Crippen LogP contribution in [0.4, 0.5) is 0 Å². The van der Waals surface area contributed by atoms with Gasteiger partial charge in [0.05, 0.1) is 23.3 Å². The van der Waals surface area contributed by atoms with E-state index in [2.05, 4.69) is 5.16 Å². The molecule has 9 heteroatoms. The number of piperidine rings is 1. The molecule has 2 aliphatic heterocycles. The fraction of sp³-hybridized carbons (Fsp3) is 0.391. The highest BCUT2D eigenvalue weighted by Crippen LogP contribution is 2.29. The van der Waals surface area contributed by atoms with Gasteiger partial charge in [-0.05, 0) is 36.1 Å². The fourth-order valence-corrected chi connectivity index (χ4v) is 5.86. The molecule has 0 saturated carbocycles. The fourth-order valence-electron chi connectivity index (χ4n) is 4.29. The van der Waals surface area contributed by atoms with E-state index in [1.54, 1.807) is 29.2 Å². The predicted molar refractivity (Wildman–Crippen MR) is 120 cm³/mol. The summed E-state index contributed by atoms with van der Waals surface area (Å²) < 4.78 is 28.2. The third-order valence-electron chi connectivity index (χ3n) is 5.90. The van der Waals surface area contributed by atoms with Crippen LogP contribution >= 0.6 is 0 Å². The molecule has 170 valence electrons. The first-order chi connectivity index (χ1) is 15.4. The first kappa shape index (κ1) is 22.4. The number of β-amino-alcohol motifs (C(OH)–C–C–N with tert-alkyl or cyclic N) is 1. The second-order valence-electron chi connectivity index (χ2n) is 8.08. The molecule has 1 N–H and O–H groups in total. The van der Waals surface area contributed by atoms with Gasteiger partial charge in [-0.3, -0.25) is 4.79 Å². The highest BCUT2D eigenvalue weighted by molar-refractivity contribution is 7.89. The normalized spacial score (nSPS) is 23.4. The Morgan fingerprint density at radius 1 is 1.09 bits per heavy atom. The van der Waals surface area contributed by atoms with Crippen LogP contribution in [0, 0.1) is 0 Å². The summed E-state index contributed by atoms with van der Waals surface area (Å²) in [4.78, 5) is 19.8. The molecule has 2 saturated heterocycles. The molecule has 4 rings (SSSR count). The van der Waals surface area contributed by atoms with Crippen molar-refractivity contribution in [2.24, 2.45) is 5.16 Å². The van der Waals surface area contributed by atoms with Gasteiger partial charge < -0.3 is 14.8 Å². The first-order valence-electron chi connectivity index (χ1n) is 10.6. The van der Waals surface area contributed by atoms with Crippen molar-refractivity contribution in [2.45, 2.75) is 36.3 Å². The monoisotopic (exact) mass is 457 g/mol. The summed E-state index contributed by atoms with van der Waals surface area (Å²) >= 11 is 0. The van der Waals surface area contributed by atoms with Crippen LogP contribution in [0.2, 0.25) is 0 Å². The molecular formula is C23H27N3O5S. The SMILES string of the molecule is CON=C1C[C@@H](C(=O)N2CCCC(O)C2)N(S(=O)(=O)c2ccc(-c3ccccc3)cc2)C1. The minimum absolute atomic E-state index is 0.0105. The standard InChI is InChI=1S/C23H27N3O5S/c1-31-24-19-14-22(23(28)25-13-5-8-20(27)16-25)26(15-19)32(29,30)21-11-9-18(10-12-21)17-6-3-2-4-7-17/h2-4,6-7,9-12,20,22,27H,5,8,13-16H2,1H3/t20?,22-/m0/s1. The van der Waals surface area contributed by atoms with Crippen LogP contribution in [0.3, 0.4) is 0 Å². The number of amides is 1. The lowest BCUT2D eigenvalue weighted by Crippen LogP contribution is -2.51. The van der Waals surface area contributed by atoms with E-state index in [1.165, 1.54) is 11.4 Å². The van der Waals surface area contributed by atoms with Crippen LogP contribution in [0.1, 0.15) is 19.3 Å². The zero-order valence-corrected chi connectivity index (χ0v) is 18.7. The molecule has 0 aromatic heterocycles. The molecule has 0 radical (unpaired) electrons. The summed E-state index contributed by atoms with van der Waals surface area (Å²) in [5.74, 6) is -0.311. The van der Waals surface area contributed by atoms with Crippen LogP contribution < -0.4 is 0 Å². The Bertz CT molecular complexity index is 1090.